The molecule has 0 atom stereocenters. The van der Waals surface area contributed by atoms with Gasteiger partial charge in [0.05, 0.1) is 23.2 Å². The van der Waals surface area contributed by atoms with Crippen LogP contribution in [0, 0.1) is 10.1 Å². The summed E-state index contributed by atoms with van der Waals surface area (Å²) in [6.07, 6.45) is 1.40. The fourth-order valence-electron chi connectivity index (χ4n) is 1.39. The van der Waals surface area contributed by atoms with Crippen molar-refractivity contribution < 1.29 is 9.34 Å². The van der Waals surface area contributed by atoms with E-state index in [9.17, 15) is 10.1 Å². The molecule has 0 aliphatic rings. The summed E-state index contributed by atoms with van der Waals surface area (Å²) in [6, 6.07) is 4.33. The third-order valence-corrected chi connectivity index (χ3v) is 2.39. The van der Waals surface area contributed by atoms with Crippen LogP contribution in [0.3, 0.4) is 0 Å². The highest BCUT2D eigenvalue weighted by atomic mass is 35.5. The summed E-state index contributed by atoms with van der Waals surface area (Å²) in [5, 5.41) is 11.2. The third kappa shape index (κ3) is 2.27. The molecule has 88 valence electrons. The maximum atomic E-state index is 10.9. The number of rotatable bonds is 3. The fraction of sp³-hybridized carbons (Fsp3) is 0.100. The van der Waals surface area contributed by atoms with Gasteiger partial charge in [0, 0.05) is 11.1 Å². The number of nitro groups is 1. The van der Waals surface area contributed by atoms with Crippen LogP contribution in [0.4, 0.5) is 5.69 Å². The molecule has 0 saturated carbocycles. The summed E-state index contributed by atoms with van der Waals surface area (Å²) in [6.45, 7) is 0.140. The van der Waals surface area contributed by atoms with Crippen LogP contribution in [0.25, 0.3) is 11.3 Å². The van der Waals surface area contributed by atoms with Gasteiger partial charge in [0.15, 0.2) is 5.76 Å². The minimum atomic E-state index is -0.522. The second kappa shape index (κ2) is 4.52. The van der Waals surface area contributed by atoms with E-state index in [-0.39, 0.29) is 12.2 Å². The SMILES string of the molecule is NCc1ncc(-c2ccc(Cl)cc2[N+](=O)[O-])o1. The van der Waals surface area contributed by atoms with Crippen molar-refractivity contribution in [2.24, 2.45) is 5.73 Å². The molecular formula is C10H8ClN3O3. The van der Waals surface area contributed by atoms with Gasteiger partial charge in [-0.05, 0) is 12.1 Å². The Morgan fingerprint density at radius 3 is 2.88 bits per heavy atom. The largest absolute Gasteiger partial charge is 0.439 e. The van der Waals surface area contributed by atoms with Gasteiger partial charge >= 0.3 is 0 Å². The van der Waals surface area contributed by atoms with Crippen molar-refractivity contribution in [1.82, 2.24) is 4.98 Å². The Bertz CT molecular complexity index is 568. The highest BCUT2D eigenvalue weighted by Gasteiger charge is 2.18. The van der Waals surface area contributed by atoms with E-state index in [0.29, 0.717) is 22.2 Å². The van der Waals surface area contributed by atoms with Crippen molar-refractivity contribution in [2.45, 2.75) is 6.54 Å². The van der Waals surface area contributed by atoms with E-state index < -0.39 is 4.92 Å². The van der Waals surface area contributed by atoms with E-state index in [1.54, 1.807) is 6.07 Å². The summed E-state index contributed by atoms with van der Waals surface area (Å²) in [4.78, 5) is 14.2. The van der Waals surface area contributed by atoms with Crippen LogP contribution in [0.5, 0.6) is 0 Å². The molecule has 7 heteroatoms. The molecule has 1 aromatic heterocycles. The van der Waals surface area contributed by atoms with Gasteiger partial charge in [-0.2, -0.15) is 0 Å². The Morgan fingerprint density at radius 1 is 1.53 bits per heavy atom. The number of hydrogen-bond donors (Lipinski definition) is 1. The molecule has 2 rings (SSSR count). The molecule has 2 N–H and O–H groups in total. The zero-order chi connectivity index (χ0) is 12.4. The summed E-state index contributed by atoms with van der Waals surface area (Å²) >= 11 is 5.71. The molecule has 0 aliphatic heterocycles. The van der Waals surface area contributed by atoms with E-state index in [2.05, 4.69) is 4.98 Å². The van der Waals surface area contributed by atoms with Crippen molar-refractivity contribution in [1.29, 1.82) is 0 Å². The van der Waals surface area contributed by atoms with Gasteiger partial charge in [-0.15, -0.1) is 0 Å². The fourth-order valence-corrected chi connectivity index (χ4v) is 1.56. The average molecular weight is 254 g/mol. The van der Waals surface area contributed by atoms with Crippen LogP contribution in [0.15, 0.2) is 28.8 Å². The first-order chi connectivity index (χ1) is 8.11. The molecule has 0 spiro atoms. The maximum absolute atomic E-state index is 10.9. The van der Waals surface area contributed by atoms with Crippen molar-refractivity contribution >= 4 is 17.3 Å². The smallest absolute Gasteiger partial charge is 0.281 e. The molecular weight excluding hydrogens is 246 g/mol. The first-order valence-corrected chi connectivity index (χ1v) is 5.08. The van der Waals surface area contributed by atoms with E-state index in [0.717, 1.165) is 0 Å². The van der Waals surface area contributed by atoms with Crippen LogP contribution in [-0.2, 0) is 6.54 Å². The molecule has 2 aromatic rings. The lowest BCUT2D eigenvalue weighted by Crippen LogP contribution is -1.95. The molecule has 1 heterocycles. The average Bonchev–Trinajstić information content (AvgIpc) is 2.77. The molecule has 0 aliphatic carbocycles. The maximum Gasteiger partial charge on any atom is 0.281 e. The molecule has 0 unspecified atom stereocenters. The summed E-state index contributed by atoms with van der Waals surface area (Å²) in [5.74, 6) is 0.623. The zero-order valence-electron chi connectivity index (χ0n) is 8.59. The molecule has 0 saturated heterocycles. The highest BCUT2D eigenvalue weighted by molar-refractivity contribution is 6.30. The van der Waals surface area contributed by atoms with E-state index >= 15 is 0 Å². The van der Waals surface area contributed by atoms with Crippen LogP contribution in [0.2, 0.25) is 5.02 Å². The lowest BCUT2D eigenvalue weighted by molar-refractivity contribution is -0.384. The normalized spacial score (nSPS) is 10.5. The summed E-state index contributed by atoms with van der Waals surface area (Å²) in [5.41, 5.74) is 5.55. The minimum absolute atomic E-state index is 0.128. The van der Waals surface area contributed by atoms with Crippen molar-refractivity contribution in [3.05, 3.63) is 45.4 Å². The van der Waals surface area contributed by atoms with Crippen molar-refractivity contribution in [3.8, 4) is 11.3 Å². The van der Waals surface area contributed by atoms with Crippen LogP contribution < -0.4 is 5.73 Å². The second-order valence-corrected chi connectivity index (χ2v) is 3.68. The van der Waals surface area contributed by atoms with Crippen molar-refractivity contribution in [2.75, 3.05) is 0 Å². The quantitative estimate of drug-likeness (QED) is 0.669. The number of nitro benzene ring substituents is 1. The van der Waals surface area contributed by atoms with Crippen LogP contribution in [-0.4, -0.2) is 9.91 Å². The predicted octanol–water partition coefficient (Wildman–Crippen LogP) is 2.36. The molecule has 1 aromatic carbocycles. The van der Waals surface area contributed by atoms with Gasteiger partial charge in [-0.3, -0.25) is 10.1 Å². The van der Waals surface area contributed by atoms with E-state index in [1.807, 2.05) is 0 Å². The Hall–Kier alpha value is -1.92. The standard InChI is InChI=1S/C10H8ClN3O3/c11-6-1-2-7(8(3-6)14(15)16)9-5-13-10(4-12)17-9/h1-3,5H,4,12H2. The number of nitrogens with two attached hydrogens (primary N) is 1. The number of halogens is 1. The van der Waals surface area contributed by atoms with Crippen LogP contribution >= 0.6 is 11.6 Å². The lowest BCUT2D eigenvalue weighted by atomic mass is 10.1. The second-order valence-electron chi connectivity index (χ2n) is 3.24. The number of oxazole rings is 1. The van der Waals surface area contributed by atoms with Crippen molar-refractivity contribution in [3.63, 3.8) is 0 Å². The Balaban J connectivity index is 2.54. The van der Waals surface area contributed by atoms with Crippen LogP contribution in [0.1, 0.15) is 5.89 Å². The van der Waals surface area contributed by atoms with Gasteiger partial charge in [0.25, 0.3) is 5.69 Å². The monoisotopic (exact) mass is 253 g/mol. The summed E-state index contributed by atoms with van der Waals surface area (Å²) < 4.78 is 5.27. The van der Waals surface area contributed by atoms with Gasteiger partial charge in [-0.1, -0.05) is 11.6 Å². The molecule has 6 nitrogen and oxygen atoms in total. The first-order valence-electron chi connectivity index (χ1n) is 4.71. The van der Waals surface area contributed by atoms with E-state index in [1.165, 1.54) is 18.3 Å². The van der Waals surface area contributed by atoms with Gasteiger partial charge in [0.2, 0.25) is 5.89 Å². The molecule has 0 bridgehead atoms. The van der Waals surface area contributed by atoms with E-state index in [4.69, 9.17) is 21.8 Å². The van der Waals surface area contributed by atoms with Gasteiger partial charge < -0.3 is 10.2 Å². The number of nitrogens with zero attached hydrogens (tertiary/aromatic N) is 2. The topological polar surface area (TPSA) is 95.2 Å². The zero-order valence-corrected chi connectivity index (χ0v) is 9.35. The molecule has 17 heavy (non-hydrogen) atoms. The molecule has 0 radical (unpaired) electrons. The molecule has 0 amide bonds. The lowest BCUT2D eigenvalue weighted by Gasteiger charge is -1.99. The number of aromatic nitrogens is 1. The Kier molecular flexibility index (Phi) is 3.08. The highest BCUT2D eigenvalue weighted by Crippen LogP contribution is 2.32. The molecule has 0 fully saturated rings. The predicted molar refractivity (Wildman–Crippen MR) is 61.5 cm³/mol. The number of benzene rings is 1. The van der Waals surface area contributed by atoms with Gasteiger partial charge in [0.1, 0.15) is 0 Å². The Labute approximate surface area is 101 Å². The number of hydrogen-bond acceptors (Lipinski definition) is 5. The Morgan fingerprint density at radius 2 is 2.29 bits per heavy atom. The summed E-state index contributed by atoms with van der Waals surface area (Å²) in [7, 11) is 0. The third-order valence-electron chi connectivity index (χ3n) is 2.15. The van der Waals surface area contributed by atoms with Gasteiger partial charge in [-0.25, -0.2) is 4.98 Å². The minimum Gasteiger partial charge on any atom is -0.439 e. The first kappa shape index (κ1) is 11.6.